The van der Waals surface area contributed by atoms with Gasteiger partial charge in [-0.2, -0.15) is 5.10 Å². The summed E-state index contributed by atoms with van der Waals surface area (Å²) < 4.78 is 7.73. The minimum Gasteiger partial charge on any atom is -0.370 e. The Labute approximate surface area is 135 Å². The fraction of sp³-hybridized carbons (Fsp3) is 0.500. The Bertz CT molecular complexity index is 712. The molecule has 3 rings (SSSR count). The van der Waals surface area contributed by atoms with Gasteiger partial charge in [0.05, 0.1) is 23.0 Å². The molecule has 23 heavy (non-hydrogen) atoms. The third-order valence-corrected chi connectivity index (χ3v) is 4.09. The van der Waals surface area contributed by atoms with Crippen LogP contribution in [-0.4, -0.2) is 38.3 Å². The first-order valence-electron chi connectivity index (χ1n) is 7.84. The van der Waals surface area contributed by atoms with Crippen molar-refractivity contribution < 1.29 is 9.53 Å². The van der Waals surface area contributed by atoms with Crippen LogP contribution < -0.4 is 5.32 Å². The van der Waals surface area contributed by atoms with Crippen molar-refractivity contribution in [3.8, 4) is 0 Å². The highest BCUT2D eigenvalue weighted by atomic mass is 16.5. The van der Waals surface area contributed by atoms with Gasteiger partial charge in [-0.15, -0.1) is 0 Å². The fourth-order valence-electron chi connectivity index (χ4n) is 2.93. The fourth-order valence-corrected chi connectivity index (χ4v) is 2.93. The summed E-state index contributed by atoms with van der Waals surface area (Å²) >= 11 is 0. The lowest BCUT2D eigenvalue weighted by Gasteiger charge is -2.21. The second kappa shape index (κ2) is 6.45. The Kier molecular flexibility index (Phi) is 4.38. The van der Waals surface area contributed by atoms with Crippen molar-refractivity contribution >= 4 is 5.91 Å². The summed E-state index contributed by atoms with van der Waals surface area (Å²) in [7, 11) is 0. The van der Waals surface area contributed by atoms with Gasteiger partial charge in [0.15, 0.2) is 0 Å². The summed E-state index contributed by atoms with van der Waals surface area (Å²) in [5.41, 5.74) is 2.18. The Morgan fingerprint density at radius 2 is 2.30 bits per heavy atom. The number of amides is 1. The second-order valence-corrected chi connectivity index (χ2v) is 5.65. The lowest BCUT2D eigenvalue weighted by molar-refractivity contribution is 0.0788. The maximum atomic E-state index is 12.5. The first-order chi connectivity index (χ1) is 11.1. The number of carbonyl (C=O) groups excluding carboxylic acids is 1. The Morgan fingerprint density at radius 3 is 3.04 bits per heavy atom. The van der Waals surface area contributed by atoms with E-state index in [0.717, 1.165) is 18.7 Å². The molecule has 1 aliphatic rings. The van der Waals surface area contributed by atoms with Crippen LogP contribution >= 0.6 is 0 Å². The average molecular weight is 315 g/mol. The largest absolute Gasteiger partial charge is 0.370 e. The lowest BCUT2D eigenvalue weighted by atomic mass is 10.1. The number of aryl methyl sites for hydroxylation is 3. The van der Waals surface area contributed by atoms with Gasteiger partial charge in [0, 0.05) is 25.5 Å². The molecule has 2 atom stereocenters. The number of rotatable bonds is 4. The van der Waals surface area contributed by atoms with Crippen molar-refractivity contribution in [2.75, 3.05) is 6.61 Å². The van der Waals surface area contributed by atoms with Crippen LogP contribution in [0.5, 0.6) is 0 Å². The number of ether oxygens (including phenoxy) is 1. The SMILES string of the molecule is CCn1nccc1[C@H]1OCC[C@@H]1NC(=O)c1cnc(C)nc1C. The van der Waals surface area contributed by atoms with Crippen LogP contribution in [0.2, 0.25) is 0 Å². The highest BCUT2D eigenvalue weighted by Crippen LogP contribution is 2.29. The predicted octanol–water partition coefficient (Wildman–Crippen LogP) is 1.57. The van der Waals surface area contributed by atoms with E-state index in [0.29, 0.717) is 23.7 Å². The molecule has 3 heterocycles. The predicted molar refractivity (Wildman–Crippen MR) is 84.0 cm³/mol. The Morgan fingerprint density at radius 1 is 1.48 bits per heavy atom. The number of carbonyl (C=O) groups is 1. The van der Waals surface area contributed by atoms with Crippen LogP contribution in [-0.2, 0) is 11.3 Å². The minimum absolute atomic E-state index is 0.0785. The molecule has 0 saturated carbocycles. The van der Waals surface area contributed by atoms with E-state index in [2.05, 4.69) is 20.4 Å². The zero-order chi connectivity index (χ0) is 16.4. The van der Waals surface area contributed by atoms with E-state index in [9.17, 15) is 4.79 Å². The van der Waals surface area contributed by atoms with Gasteiger partial charge in [-0.1, -0.05) is 0 Å². The van der Waals surface area contributed by atoms with Gasteiger partial charge in [0.25, 0.3) is 5.91 Å². The molecule has 122 valence electrons. The Balaban J connectivity index is 1.77. The average Bonchev–Trinajstić information content (AvgIpc) is 3.14. The summed E-state index contributed by atoms with van der Waals surface area (Å²) in [6.07, 6.45) is 3.94. The highest BCUT2D eigenvalue weighted by molar-refractivity contribution is 5.95. The van der Waals surface area contributed by atoms with Crippen LogP contribution in [0.4, 0.5) is 0 Å². The molecule has 1 saturated heterocycles. The molecule has 2 aromatic rings. The summed E-state index contributed by atoms with van der Waals surface area (Å²) in [6.45, 7) is 7.05. The summed E-state index contributed by atoms with van der Waals surface area (Å²) in [5, 5.41) is 7.34. The van der Waals surface area contributed by atoms with E-state index in [4.69, 9.17) is 4.74 Å². The molecular weight excluding hydrogens is 294 g/mol. The molecule has 1 amide bonds. The van der Waals surface area contributed by atoms with E-state index in [1.54, 1.807) is 19.3 Å². The van der Waals surface area contributed by atoms with E-state index in [1.165, 1.54) is 0 Å². The van der Waals surface area contributed by atoms with Crippen LogP contribution in [0.3, 0.4) is 0 Å². The normalized spacial score (nSPS) is 20.7. The molecule has 1 N–H and O–H groups in total. The number of hydrogen-bond acceptors (Lipinski definition) is 5. The molecule has 7 nitrogen and oxygen atoms in total. The molecule has 2 aromatic heterocycles. The monoisotopic (exact) mass is 315 g/mol. The van der Waals surface area contributed by atoms with Crippen LogP contribution in [0.1, 0.15) is 47.0 Å². The molecule has 1 fully saturated rings. The van der Waals surface area contributed by atoms with Gasteiger partial charge in [-0.05, 0) is 33.3 Å². The van der Waals surface area contributed by atoms with E-state index in [-0.39, 0.29) is 18.1 Å². The number of nitrogens with zero attached hydrogens (tertiary/aromatic N) is 4. The van der Waals surface area contributed by atoms with Gasteiger partial charge < -0.3 is 10.1 Å². The molecular formula is C16H21N5O2. The third kappa shape index (κ3) is 3.10. The van der Waals surface area contributed by atoms with Crippen molar-refractivity contribution in [2.45, 2.75) is 45.9 Å². The zero-order valence-corrected chi connectivity index (χ0v) is 13.6. The summed E-state index contributed by atoms with van der Waals surface area (Å²) in [4.78, 5) is 20.9. The van der Waals surface area contributed by atoms with Crippen LogP contribution in [0.15, 0.2) is 18.5 Å². The molecule has 1 aliphatic heterocycles. The van der Waals surface area contributed by atoms with Gasteiger partial charge in [0.1, 0.15) is 11.9 Å². The van der Waals surface area contributed by atoms with Crippen molar-refractivity contribution in [1.29, 1.82) is 0 Å². The molecule has 0 radical (unpaired) electrons. The minimum atomic E-state index is -0.173. The standard InChI is InChI=1S/C16H21N5O2/c1-4-21-14(5-7-18-21)15-13(6-8-23-15)20-16(22)12-9-17-11(3)19-10(12)2/h5,7,9,13,15H,4,6,8H2,1-3H3,(H,20,22)/t13-,15-/m0/s1. The third-order valence-electron chi connectivity index (χ3n) is 4.09. The highest BCUT2D eigenvalue weighted by Gasteiger charge is 2.33. The lowest BCUT2D eigenvalue weighted by Crippen LogP contribution is -2.38. The van der Waals surface area contributed by atoms with Crippen molar-refractivity contribution in [1.82, 2.24) is 25.1 Å². The summed E-state index contributed by atoms with van der Waals surface area (Å²) in [5.74, 6) is 0.499. The van der Waals surface area contributed by atoms with Gasteiger partial charge in [0.2, 0.25) is 0 Å². The number of hydrogen-bond donors (Lipinski definition) is 1. The van der Waals surface area contributed by atoms with E-state index >= 15 is 0 Å². The van der Waals surface area contributed by atoms with Gasteiger partial charge in [-0.3, -0.25) is 9.48 Å². The smallest absolute Gasteiger partial charge is 0.255 e. The van der Waals surface area contributed by atoms with Crippen LogP contribution in [0.25, 0.3) is 0 Å². The zero-order valence-electron chi connectivity index (χ0n) is 13.6. The maximum Gasteiger partial charge on any atom is 0.255 e. The quantitative estimate of drug-likeness (QED) is 0.926. The molecule has 0 aliphatic carbocycles. The van der Waals surface area contributed by atoms with Gasteiger partial charge in [-0.25, -0.2) is 9.97 Å². The van der Waals surface area contributed by atoms with Crippen molar-refractivity contribution in [3.63, 3.8) is 0 Å². The molecule has 0 bridgehead atoms. The first-order valence-corrected chi connectivity index (χ1v) is 7.84. The Hall–Kier alpha value is -2.28. The van der Waals surface area contributed by atoms with E-state index in [1.807, 2.05) is 24.6 Å². The molecule has 0 aromatic carbocycles. The van der Waals surface area contributed by atoms with Crippen LogP contribution in [0, 0.1) is 13.8 Å². The van der Waals surface area contributed by atoms with Crippen molar-refractivity contribution in [3.05, 3.63) is 41.2 Å². The van der Waals surface area contributed by atoms with Crippen molar-refractivity contribution in [2.24, 2.45) is 0 Å². The second-order valence-electron chi connectivity index (χ2n) is 5.65. The molecule has 7 heteroatoms. The van der Waals surface area contributed by atoms with E-state index < -0.39 is 0 Å². The first kappa shape index (κ1) is 15.6. The van der Waals surface area contributed by atoms with Gasteiger partial charge >= 0.3 is 0 Å². The number of nitrogens with one attached hydrogen (secondary N) is 1. The molecule has 0 unspecified atom stereocenters. The summed E-state index contributed by atoms with van der Waals surface area (Å²) in [6, 6.07) is 1.86. The maximum absolute atomic E-state index is 12.5. The topological polar surface area (TPSA) is 81.9 Å². The number of aromatic nitrogens is 4. The molecule has 0 spiro atoms.